The first kappa shape index (κ1) is 17.8. The summed E-state index contributed by atoms with van der Waals surface area (Å²) in [6.07, 6.45) is 1.34. The van der Waals surface area contributed by atoms with Gasteiger partial charge in [0, 0.05) is 31.3 Å². The van der Waals surface area contributed by atoms with Crippen molar-refractivity contribution in [2.24, 2.45) is 5.92 Å². The first-order valence-electron chi connectivity index (χ1n) is 8.00. The van der Waals surface area contributed by atoms with Crippen LogP contribution >= 0.6 is 0 Å². The Bertz CT molecular complexity index is 643. The third kappa shape index (κ3) is 4.24. The first-order chi connectivity index (χ1) is 11.4. The predicted molar refractivity (Wildman–Crippen MR) is 91.1 cm³/mol. The van der Waals surface area contributed by atoms with Gasteiger partial charge in [-0.25, -0.2) is 0 Å². The number of hydrogen-bond acceptors (Lipinski definition) is 4. The van der Waals surface area contributed by atoms with E-state index in [1.54, 1.807) is 23.1 Å². The lowest BCUT2D eigenvalue weighted by Gasteiger charge is -2.19. The molecule has 7 heteroatoms. The molecule has 1 fully saturated rings. The average Bonchev–Trinajstić information content (AvgIpc) is 2.98. The van der Waals surface area contributed by atoms with Gasteiger partial charge in [0.1, 0.15) is 5.75 Å². The van der Waals surface area contributed by atoms with E-state index in [4.69, 9.17) is 4.74 Å². The molecule has 3 amide bonds. The fraction of sp³-hybridized carbons (Fsp3) is 0.471. The second-order valence-electron chi connectivity index (χ2n) is 6.09. The Labute approximate surface area is 141 Å². The number of carbonyl (C=O) groups excluding carboxylic acids is 3. The monoisotopic (exact) mass is 333 g/mol. The summed E-state index contributed by atoms with van der Waals surface area (Å²) >= 11 is 0. The van der Waals surface area contributed by atoms with Crippen LogP contribution in [0.15, 0.2) is 18.2 Å². The summed E-state index contributed by atoms with van der Waals surface area (Å²) in [6, 6.07) is 4.97. The van der Waals surface area contributed by atoms with Crippen LogP contribution in [0.25, 0.3) is 0 Å². The topological polar surface area (TPSA) is 87.7 Å². The summed E-state index contributed by atoms with van der Waals surface area (Å²) in [7, 11) is 1.50. The average molecular weight is 333 g/mol. The largest absolute Gasteiger partial charge is 0.494 e. The van der Waals surface area contributed by atoms with Crippen LogP contribution in [0.1, 0.15) is 26.7 Å². The molecule has 1 aromatic rings. The van der Waals surface area contributed by atoms with E-state index in [0.29, 0.717) is 36.6 Å². The van der Waals surface area contributed by atoms with E-state index < -0.39 is 11.8 Å². The number of nitrogens with one attached hydrogen (secondary N) is 2. The number of anilines is 2. The number of ether oxygens (including phenoxy) is 1. The van der Waals surface area contributed by atoms with E-state index >= 15 is 0 Å². The highest BCUT2D eigenvalue weighted by Gasteiger charge is 2.24. The highest BCUT2D eigenvalue weighted by molar-refractivity contribution is 6.39. The third-order valence-electron chi connectivity index (χ3n) is 3.68. The molecule has 0 spiro atoms. The number of carbonyl (C=O) groups is 3. The van der Waals surface area contributed by atoms with Crippen molar-refractivity contribution in [3.05, 3.63) is 18.2 Å². The van der Waals surface area contributed by atoms with Gasteiger partial charge in [-0.3, -0.25) is 14.4 Å². The molecule has 130 valence electrons. The molecule has 0 saturated carbocycles. The Morgan fingerprint density at radius 1 is 1.29 bits per heavy atom. The van der Waals surface area contributed by atoms with Crippen molar-refractivity contribution in [1.82, 2.24) is 5.32 Å². The lowest BCUT2D eigenvalue weighted by molar-refractivity contribution is -0.136. The molecule has 0 radical (unpaired) electrons. The summed E-state index contributed by atoms with van der Waals surface area (Å²) in [5.74, 6) is -0.618. The Balaban J connectivity index is 2.08. The highest BCUT2D eigenvalue weighted by Crippen LogP contribution is 2.33. The molecule has 2 rings (SSSR count). The van der Waals surface area contributed by atoms with Gasteiger partial charge in [0.25, 0.3) is 0 Å². The zero-order valence-electron chi connectivity index (χ0n) is 14.2. The smallest absolute Gasteiger partial charge is 0.313 e. The van der Waals surface area contributed by atoms with Crippen LogP contribution in [0.5, 0.6) is 5.75 Å². The van der Waals surface area contributed by atoms with Gasteiger partial charge in [0.2, 0.25) is 5.91 Å². The lowest BCUT2D eigenvalue weighted by Crippen LogP contribution is -2.37. The van der Waals surface area contributed by atoms with E-state index in [0.717, 1.165) is 6.42 Å². The molecule has 0 atom stereocenters. The molecule has 1 heterocycles. The fourth-order valence-corrected chi connectivity index (χ4v) is 2.45. The Kier molecular flexibility index (Phi) is 5.78. The molecule has 1 saturated heterocycles. The normalized spacial score (nSPS) is 14.0. The number of rotatable bonds is 5. The van der Waals surface area contributed by atoms with E-state index in [-0.39, 0.29) is 11.8 Å². The zero-order valence-corrected chi connectivity index (χ0v) is 14.2. The summed E-state index contributed by atoms with van der Waals surface area (Å²) in [5.41, 5.74) is 1.11. The summed E-state index contributed by atoms with van der Waals surface area (Å²) in [5, 5.41) is 5.09. The standard InChI is InChI=1S/C17H23N3O4/c1-11(2)10-18-16(22)17(23)19-12-6-7-13(14(9-12)24-3)20-8-4-5-15(20)21/h6-7,9,11H,4-5,8,10H2,1-3H3,(H,18,22)(H,19,23). The predicted octanol–water partition coefficient (Wildman–Crippen LogP) is 1.53. The maximum Gasteiger partial charge on any atom is 0.313 e. The third-order valence-corrected chi connectivity index (χ3v) is 3.68. The van der Waals surface area contributed by atoms with Crippen molar-refractivity contribution in [3.8, 4) is 5.75 Å². The van der Waals surface area contributed by atoms with Crippen LogP contribution in [0.2, 0.25) is 0 Å². The van der Waals surface area contributed by atoms with Gasteiger partial charge in [0.15, 0.2) is 0 Å². The molecule has 24 heavy (non-hydrogen) atoms. The second-order valence-corrected chi connectivity index (χ2v) is 6.09. The summed E-state index contributed by atoms with van der Waals surface area (Å²) in [6.45, 7) is 4.98. The maximum absolute atomic E-state index is 11.9. The van der Waals surface area contributed by atoms with E-state index in [2.05, 4.69) is 10.6 Å². The molecule has 1 aliphatic rings. The van der Waals surface area contributed by atoms with Crippen molar-refractivity contribution >= 4 is 29.1 Å². The van der Waals surface area contributed by atoms with Crippen LogP contribution in [-0.4, -0.2) is 37.9 Å². The molecule has 0 bridgehead atoms. The lowest BCUT2D eigenvalue weighted by atomic mass is 10.2. The molecule has 1 aliphatic heterocycles. The molecule has 0 unspecified atom stereocenters. The van der Waals surface area contributed by atoms with Crippen LogP contribution in [0.4, 0.5) is 11.4 Å². The maximum atomic E-state index is 11.9. The highest BCUT2D eigenvalue weighted by atomic mass is 16.5. The minimum Gasteiger partial charge on any atom is -0.494 e. The van der Waals surface area contributed by atoms with Crippen LogP contribution in [0.3, 0.4) is 0 Å². The Morgan fingerprint density at radius 2 is 2.04 bits per heavy atom. The molecule has 0 aliphatic carbocycles. The number of amides is 3. The molecular weight excluding hydrogens is 310 g/mol. The zero-order chi connectivity index (χ0) is 17.7. The van der Waals surface area contributed by atoms with Crippen molar-refractivity contribution in [1.29, 1.82) is 0 Å². The molecule has 1 aromatic carbocycles. The first-order valence-corrected chi connectivity index (χ1v) is 8.00. The van der Waals surface area contributed by atoms with Crippen LogP contribution in [-0.2, 0) is 14.4 Å². The summed E-state index contributed by atoms with van der Waals surface area (Å²) < 4.78 is 5.32. The Hall–Kier alpha value is -2.57. The van der Waals surface area contributed by atoms with Gasteiger partial charge in [-0.2, -0.15) is 0 Å². The van der Waals surface area contributed by atoms with Gasteiger partial charge in [-0.15, -0.1) is 0 Å². The molecule has 7 nitrogen and oxygen atoms in total. The minimum absolute atomic E-state index is 0.0538. The molecular formula is C17H23N3O4. The van der Waals surface area contributed by atoms with Crippen molar-refractivity contribution in [2.75, 3.05) is 30.4 Å². The van der Waals surface area contributed by atoms with Crippen LogP contribution < -0.4 is 20.3 Å². The van der Waals surface area contributed by atoms with Gasteiger partial charge < -0.3 is 20.3 Å². The van der Waals surface area contributed by atoms with Gasteiger partial charge in [-0.05, 0) is 24.5 Å². The van der Waals surface area contributed by atoms with E-state index in [1.807, 2.05) is 13.8 Å². The molecule has 0 aromatic heterocycles. The number of hydrogen-bond donors (Lipinski definition) is 2. The van der Waals surface area contributed by atoms with Crippen molar-refractivity contribution < 1.29 is 19.1 Å². The van der Waals surface area contributed by atoms with Gasteiger partial charge in [0.05, 0.1) is 12.8 Å². The Morgan fingerprint density at radius 3 is 2.62 bits per heavy atom. The second kappa shape index (κ2) is 7.81. The van der Waals surface area contributed by atoms with Crippen molar-refractivity contribution in [3.63, 3.8) is 0 Å². The number of nitrogens with zero attached hydrogens (tertiary/aromatic N) is 1. The summed E-state index contributed by atoms with van der Waals surface area (Å²) in [4.78, 5) is 37.1. The van der Waals surface area contributed by atoms with Gasteiger partial charge >= 0.3 is 11.8 Å². The van der Waals surface area contributed by atoms with E-state index in [1.165, 1.54) is 7.11 Å². The van der Waals surface area contributed by atoms with Crippen molar-refractivity contribution in [2.45, 2.75) is 26.7 Å². The van der Waals surface area contributed by atoms with E-state index in [9.17, 15) is 14.4 Å². The number of benzene rings is 1. The molecule has 2 N–H and O–H groups in total. The van der Waals surface area contributed by atoms with Crippen LogP contribution in [0, 0.1) is 5.92 Å². The number of methoxy groups -OCH3 is 1. The SMILES string of the molecule is COc1cc(NC(=O)C(=O)NCC(C)C)ccc1N1CCCC1=O. The fourth-order valence-electron chi connectivity index (χ4n) is 2.45. The minimum atomic E-state index is -0.734. The van der Waals surface area contributed by atoms with Gasteiger partial charge in [-0.1, -0.05) is 13.8 Å². The quantitative estimate of drug-likeness (QED) is 0.800.